The molecular weight excluding hydrogens is 256 g/mol. The third-order valence-corrected chi connectivity index (χ3v) is 3.28. The highest BCUT2D eigenvalue weighted by molar-refractivity contribution is 5.93. The van der Waals surface area contributed by atoms with Crippen LogP contribution in [-0.2, 0) is 11.3 Å². The second-order valence-electron chi connectivity index (χ2n) is 4.71. The molecule has 0 saturated carbocycles. The molecule has 2 aromatic heterocycles. The van der Waals surface area contributed by atoms with Gasteiger partial charge in [0.05, 0.1) is 24.8 Å². The molecule has 0 N–H and O–H groups in total. The molecule has 1 atom stereocenters. The summed E-state index contributed by atoms with van der Waals surface area (Å²) in [6.45, 7) is 2.40. The zero-order chi connectivity index (χ0) is 13.8. The maximum Gasteiger partial charge on any atom is 0.255 e. The molecule has 1 aliphatic heterocycles. The molecule has 2 aromatic rings. The number of hydrogen-bond donors (Lipinski definition) is 0. The largest absolute Gasteiger partial charge is 0.373 e. The van der Waals surface area contributed by atoms with Gasteiger partial charge in [-0.15, -0.1) is 0 Å². The summed E-state index contributed by atoms with van der Waals surface area (Å²) < 4.78 is 7.52. The monoisotopic (exact) mass is 272 g/mol. The van der Waals surface area contributed by atoms with E-state index in [9.17, 15) is 4.79 Å². The van der Waals surface area contributed by atoms with Crippen LogP contribution in [0.15, 0.2) is 43.0 Å². The van der Waals surface area contributed by atoms with E-state index in [4.69, 9.17) is 4.74 Å². The predicted octanol–water partition coefficient (Wildman–Crippen LogP) is 0.819. The lowest BCUT2D eigenvalue weighted by Crippen LogP contribution is -2.47. The van der Waals surface area contributed by atoms with Crippen molar-refractivity contribution in [2.24, 2.45) is 0 Å². The Balaban J connectivity index is 1.64. The summed E-state index contributed by atoms with van der Waals surface area (Å²) in [7, 11) is 0. The quantitative estimate of drug-likeness (QED) is 0.830. The molecule has 6 nitrogen and oxygen atoms in total. The number of rotatable bonds is 3. The van der Waals surface area contributed by atoms with Crippen LogP contribution in [0.4, 0.5) is 0 Å². The summed E-state index contributed by atoms with van der Waals surface area (Å²) in [5.74, 6) is 0.00636. The van der Waals surface area contributed by atoms with E-state index in [1.165, 1.54) is 0 Å². The molecule has 6 heteroatoms. The molecule has 20 heavy (non-hydrogen) atoms. The van der Waals surface area contributed by atoms with E-state index in [1.54, 1.807) is 30.7 Å². The Morgan fingerprint density at radius 3 is 3.10 bits per heavy atom. The maximum atomic E-state index is 12.4. The van der Waals surface area contributed by atoms with Crippen molar-refractivity contribution in [3.63, 3.8) is 0 Å². The Bertz CT molecular complexity index is 556. The van der Waals surface area contributed by atoms with Gasteiger partial charge in [0.15, 0.2) is 0 Å². The van der Waals surface area contributed by atoms with Gasteiger partial charge < -0.3 is 9.64 Å². The van der Waals surface area contributed by atoms with E-state index in [0.29, 0.717) is 31.8 Å². The Hall–Kier alpha value is -2.21. The number of ether oxygens (including phenoxy) is 1. The molecule has 3 heterocycles. The van der Waals surface area contributed by atoms with Gasteiger partial charge in [0.1, 0.15) is 0 Å². The first-order chi connectivity index (χ1) is 9.83. The molecule has 0 spiro atoms. The molecule has 3 rings (SSSR count). The highest BCUT2D eigenvalue weighted by Gasteiger charge is 2.25. The lowest BCUT2D eigenvalue weighted by atomic mass is 10.2. The first-order valence-electron chi connectivity index (χ1n) is 6.61. The van der Waals surface area contributed by atoms with Crippen LogP contribution in [0.2, 0.25) is 0 Å². The van der Waals surface area contributed by atoms with Gasteiger partial charge in [-0.05, 0) is 18.2 Å². The smallest absolute Gasteiger partial charge is 0.255 e. The number of carbonyl (C=O) groups excluding carboxylic acids is 1. The first kappa shape index (κ1) is 12.8. The van der Waals surface area contributed by atoms with E-state index in [-0.39, 0.29) is 12.0 Å². The summed E-state index contributed by atoms with van der Waals surface area (Å²) in [6, 6.07) is 5.43. The van der Waals surface area contributed by atoms with Crippen LogP contribution >= 0.6 is 0 Å². The van der Waals surface area contributed by atoms with Crippen LogP contribution in [0, 0.1) is 0 Å². The van der Waals surface area contributed by atoms with Gasteiger partial charge in [-0.25, -0.2) is 0 Å². The lowest BCUT2D eigenvalue weighted by molar-refractivity contribution is -0.0300. The summed E-state index contributed by atoms with van der Waals surface area (Å²) >= 11 is 0. The average molecular weight is 272 g/mol. The fourth-order valence-corrected chi connectivity index (χ4v) is 2.30. The highest BCUT2D eigenvalue weighted by atomic mass is 16.5. The molecule has 1 amide bonds. The van der Waals surface area contributed by atoms with Gasteiger partial charge in [0, 0.05) is 37.9 Å². The van der Waals surface area contributed by atoms with Crippen LogP contribution in [0.1, 0.15) is 10.4 Å². The van der Waals surface area contributed by atoms with Crippen molar-refractivity contribution in [3.05, 3.63) is 48.5 Å². The van der Waals surface area contributed by atoms with Crippen LogP contribution in [0.3, 0.4) is 0 Å². The second-order valence-corrected chi connectivity index (χ2v) is 4.71. The summed E-state index contributed by atoms with van der Waals surface area (Å²) in [4.78, 5) is 18.2. The maximum absolute atomic E-state index is 12.4. The zero-order valence-electron chi connectivity index (χ0n) is 11.1. The Labute approximate surface area is 117 Å². The molecular formula is C14H16N4O2. The van der Waals surface area contributed by atoms with E-state index < -0.39 is 0 Å². The Morgan fingerprint density at radius 1 is 1.40 bits per heavy atom. The van der Waals surface area contributed by atoms with Crippen molar-refractivity contribution in [2.75, 3.05) is 19.7 Å². The van der Waals surface area contributed by atoms with Crippen molar-refractivity contribution < 1.29 is 9.53 Å². The fourth-order valence-electron chi connectivity index (χ4n) is 2.30. The standard InChI is InChI=1S/C14H16N4O2/c19-14(12-3-1-4-15-9-12)17-7-8-20-13(10-17)11-18-6-2-5-16-18/h1-6,9,13H,7-8,10-11H2/t13-/m1/s1. The lowest BCUT2D eigenvalue weighted by Gasteiger charge is -2.32. The summed E-state index contributed by atoms with van der Waals surface area (Å²) in [6.07, 6.45) is 6.87. The SMILES string of the molecule is O=C(c1cccnc1)N1CCO[C@@H](Cn2cccn2)C1. The van der Waals surface area contributed by atoms with E-state index in [0.717, 1.165) is 0 Å². The fraction of sp³-hybridized carbons (Fsp3) is 0.357. The first-order valence-corrected chi connectivity index (χ1v) is 6.61. The number of pyridine rings is 1. The molecule has 0 bridgehead atoms. The average Bonchev–Trinajstić information content (AvgIpc) is 3.01. The number of amides is 1. The van der Waals surface area contributed by atoms with Crippen LogP contribution < -0.4 is 0 Å². The van der Waals surface area contributed by atoms with Crippen molar-refractivity contribution in [1.29, 1.82) is 0 Å². The van der Waals surface area contributed by atoms with E-state index in [2.05, 4.69) is 10.1 Å². The molecule has 1 aliphatic rings. The normalized spacial score (nSPS) is 19.0. The third kappa shape index (κ3) is 2.85. The summed E-state index contributed by atoms with van der Waals surface area (Å²) in [5, 5.41) is 4.16. The highest BCUT2D eigenvalue weighted by Crippen LogP contribution is 2.11. The molecule has 1 fully saturated rings. The summed E-state index contributed by atoms with van der Waals surface area (Å²) in [5.41, 5.74) is 0.618. The van der Waals surface area contributed by atoms with Gasteiger partial charge in [0.2, 0.25) is 0 Å². The zero-order valence-corrected chi connectivity index (χ0v) is 11.1. The predicted molar refractivity (Wildman–Crippen MR) is 72.1 cm³/mol. The number of nitrogens with zero attached hydrogens (tertiary/aromatic N) is 4. The molecule has 104 valence electrons. The van der Waals surface area contributed by atoms with Crippen molar-refractivity contribution >= 4 is 5.91 Å². The number of carbonyl (C=O) groups is 1. The van der Waals surface area contributed by atoms with Crippen LogP contribution in [0.5, 0.6) is 0 Å². The molecule has 0 aliphatic carbocycles. The Kier molecular flexibility index (Phi) is 3.73. The number of aromatic nitrogens is 3. The van der Waals surface area contributed by atoms with Gasteiger partial charge in [0.25, 0.3) is 5.91 Å². The van der Waals surface area contributed by atoms with Crippen LogP contribution in [0.25, 0.3) is 0 Å². The Morgan fingerprint density at radius 2 is 2.35 bits per heavy atom. The van der Waals surface area contributed by atoms with Crippen molar-refractivity contribution in [1.82, 2.24) is 19.7 Å². The topological polar surface area (TPSA) is 60.3 Å². The second kappa shape index (κ2) is 5.83. The van der Waals surface area contributed by atoms with Crippen molar-refractivity contribution in [3.8, 4) is 0 Å². The minimum absolute atomic E-state index is 0.00636. The van der Waals surface area contributed by atoms with Gasteiger partial charge in [-0.2, -0.15) is 5.10 Å². The number of hydrogen-bond acceptors (Lipinski definition) is 4. The molecule has 0 radical (unpaired) electrons. The van der Waals surface area contributed by atoms with Gasteiger partial charge >= 0.3 is 0 Å². The van der Waals surface area contributed by atoms with Gasteiger partial charge in [-0.1, -0.05) is 0 Å². The van der Waals surface area contributed by atoms with Crippen molar-refractivity contribution in [2.45, 2.75) is 12.6 Å². The molecule has 0 aromatic carbocycles. The minimum Gasteiger partial charge on any atom is -0.373 e. The third-order valence-electron chi connectivity index (χ3n) is 3.28. The van der Waals surface area contributed by atoms with E-state index in [1.807, 2.05) is 21.8 Å². The number of morpholine rings is 1. The van der Waals surface area contributed by atoms with Crippen LogP contribution in [-0.4, -0.2) is 51.4 Å². The van der Waals surface area contributed by atoms with Gasteiger partial charge in [-0.3, -0.25) is 14.5 Å². The van der Waals surface area contributed by atoms with E-state index >= 15 is 0 Å². The minimum atomic E-state index is -0.0238. The molecule has 0 unspecified atom stereocenters. The molecule has 1 saturated heterocycles.